The summed E-state index contributed by atoms with van der Waals surface area (Å²) in [6.07, 6.45) is 2.29. The lowest BCUT2D eigenvalue weighted by Gasteiger charge is -2.34. The summed E-state index contributed by atoms with van der Waals surface area (Å²) in [5.74, 6) is 0.889. The van der Waals surface area contributed by atoms with Gasteiger partial charge in [0.2, 0.25) is 0 Å². The van der Waals surface area contributed by atoms with Gasteiger partial charge in [-0.3, -0.25) is 0 Å². The average Bonchev–Trinajstić information content (AvgIpc) is 2.39. The summed E-state index contributed by atoms with van der Waals surface area (Å²) in [7, 11) is 1.69. The Kier molecular flexibility index (Phi) is 4.65. The highest BCUT2D eigenvalue weighted by Crippen LogP contribution is 2.24. The van der Waals surface area contributed by atoms with Crippen LogP contribution in [0.15, 0.2) is 22.7 Å². The molecule has 0 aliphatic carbocycles. The summed E-state index contributed by atoms with van der Waals surface area (Å²) in [5, 5.41) is 3.60. The first-order valence-electron chi connectivity index (χ1n) is 6.28. The first-order valence-corrected chi connectivity index (χ1v) is 7.07. The topological polar surface area (TPSA) is 30.5 Å². The number of hydrogen-bond donors (Lipinski definition) is 1. The van der Waals surface area contributed by atoms with Crippen LogP contribution >= 0.6 is 15.9 Å². The molecule has 100 valence electrons. The molecule has 0 aromatic heterocycles. The normalized spacial score (nSPS) is 23.9. The van der Waals surface area contributed by atoms with Gasteiger partial charge in [0.05, 0.1) is 13.7 Å². The van der Waals surface area contributed by atoms with E-state index in [2.05, 4.69) is 34.2 Å². The highest BCUT2D eigenvalue weighted by molar-refractivity contribution is 9.10. The van der Waals surface area contributed by atoms with Gasteiger partial charge in [0.25, 0.3) is 0 Å². The van der Waals surface area contributed by atoms with E-state index < -0.39 is 0 Å². The van der Waals surface area contributed by atoms with Gasteiger partial charge in [-0.25, -0.2) is 0 Å². The minimum atomic E-state index is 0.0841. The van der Waals surface area contributed by atoms with Crippen molar-refractivity contribution < 1.29 is 9.47 Å². The predicted molar refractivity (Wildman–Crippen MR) is 76.0 cm³/mol. The SMILES string of the molecule is COc1ccc(Br)c(CNC2(C)CCCOC2)c1. The van der Waals surface area contributed by atoms with Crippen LogP contribution in [0.25, 0.3) is 0 Å². The van der Waals surface area contributed by atoms with Crippen molar-refractivity contribution in [2.75, 3.05) is 20.3 Å². The molecule has 0 radical (unpaired) electrons. The van der Waals surface area contributed by atoms with Crippen molar-refractivity contribution >= 4 is 15.9 Å². The molecule has 3 nitrogen and oxygen atoms in total. The quantitative estimate of drug-likeness (QED) is 0.926. The lowest BCUT2D eigenvalue weighted by atomic mass is 9.94. The predicted octanol–water partition coefficient (Wildman–Crippen LogP) is 3.12. The summed E-state index contributed by atoms with van der Waals surface area (Å²) in [6.45, 7) is 4.71. The van der Waals surface area contributed by atoms with Crippen LogP contribution in [0, 0.1) is 0 Å². The molecule has 0 amide bonds. The molecule has 1 fully saturated rings. The van der Waals surface area contributed by atoms with Crippen molar-refractivity contribution in [2.45, 2.75) is 31.8 Å². The Morgan fingerprint density at radius 1 is 1.50 bits per heavy atom. The largest absolute Gasteiger partial charge is 0.497 e. The molecule has 2 rings (SSSR count). The Balaban J connectivity index is 2.00. The fourth-order valence-corrected chi connectivity index (χ4v) is 2.58. The third-order valence-corrected chi connectivity index (χ3v) is 4.17. The number of rotatable bonds is 4. The van der Waals surface area contributed by atoms with Gasteiger partial charge in [-0.05, 0) is 43.5 Å². The van der Waals surface area contributed by atoms with Gasteiger partial charge in [0.15, 0.2) is 0 Å². The Morgan fingerprint density at radius 3 is 3.00 bits per heavy atom. The second kappa shape index (κ2) is 6.04. The van der Waals surface area contributed by atoms with Gasteiger partial charge in [0, 0.05) is 23.2 Å². The highest BCUT2D eigenvalue weighted by atomic mass is 79.9. The van der Waals surface area contributed by atoms with Crippen LogP contribution in [0.5, 0.6) is 5.75 Å². The lowest BCUT2D eigenvalue weighted by Crippen LogP contribution is -2.48. The number of benzene rings is 1. The summed E-state index contributed by atoms with van der Waals surface area (Å²) in [5.41, 5.74) is 1.29. The van der Waals surface area contributed by atoms with Crippen LogP contribution in [0.1, 0.15) is 25.3 Å². The smallest absolute Gasteiger partial charge is 0.119 e. The van der Waals surface area contributed by atoms with Gasteiger partial charge in [-0.2, -0.15) is 0 Å². The molecular formula is C14H20BrNO2. The maximum absolute atomic E-state index is 5.55. The van der Waals surface area contributed by atoms with Gasteiger partial charge < -0.3 is 14.8 Å². The van der Waals surface area contributed by atoms with Gasteiger partial charge >= 0.3 is 0 Å². The van der Waals surface area contributed by atoms with Crippen LogP contribution < -0.4 is 10.1 Å². The van der Waals surface area contributed by atoms with E-state index in [1.165, 1.54) is 5.56 Å². The Hall–Kier alpha value is -0.580. The molecule has 1 aliphatic heterocycles. The van der Waals surface area contributed by atoms with Crippen molar-refractivity contribution in [1.82, 2.24) is 5.32 Å². The molecular weight excluding hydrogens is 294 g/mol. The fourth-order valence-electron chi connectivity index (χ4n) is 2.20. The molecule has 4 heteroatoms. The zero-order chi connectivity index (χ0) is 13.0. The fraction of sp³-hybridized carbons (Fsp3) is 0.571. The maximum Gasteiger partial charge on any atom is 0.119 e. The summed E-state index contributed by atoms with van der Waals surface area (Å²) >= 11 is 3.58. The zero-order valence-electron chi connectivity index (χ0n) is 11.0. The molecule has 1 atom stereocenters. The van der Waals surface area contributed by atoms with Gasteiger partial charge in [0.1, 0.15) is 5.75 Å². The molecule has 0 spiro atoms. The van der Waals surface area contributed by atoms with Crippen LogP contribution in [0.4, 0.5) is 0 Å². The van der Waals surface area contributed by atoms with E-state index in [1.807, 2.05) is 12.1 Å². The number of nitrogens with one attached hydrogen (secondary N) is 1. The highest BCUT2D eigenvalue weighted by Gasteiger charge is 2.26. The second-order valence-corrected chi connectivity index (χ2v) is 5.88. The van der Waals surface area contributed by atoms with Gasteiger partial charge in [-0.1, -0.05) is 15.9 Å². The Labute approximate surface area is 117 Å². The number of ether oxygens (including phenoxy) is 2. The Morgan fingerprint density at radius 2 is 2.33 bits per heavy atom. The third-order valence-electron chi connectivity index (χ3n) is 3.40. The first-order chi connectivity index (χ1) is 8.63. The van der Waals surface area contributed by atoms with Crippen molar-refractivity contribution in [3.05, 3.63) is 28.2 Å². The molecule has 1 aromatic rings. The molecule has 1 aliphatic rings. The van der Waals surface area contributed by atoms with Crippen molar-refractivity contribution in [2.24, 2.45) is 0 Å². The zero-order valence-corrected chi connectivity index (χ0v) is 12.5. The first kappa shape index (κ1) is 13.8. The summed E-state index contributed by atoms with van der Waals surface area (Å²) in [4.78, 5) is 0. The molecule has 1 saturated heterocycles. The van der Waals surface area contributed by atoms with Crippen LogP contribution in [-0.4, -0.2) is 25.9 Å². The van der Waals surface area contributed by atoms with E-state index >= 15 is 0 Å². The molecule has 1 unspecified atom stereocenters. The van der Waals surface area contributed by atoms with E-state index in [9.17, 15) is 0 Å². The second-order valence-electron chi connectivity index (χ2n) is 5.03. The monoisotopic (exact) mass is 313 g/mol. The number of halogens is 1. The average molecular weight is 314 g/mol. The van der Waals surface area contributed by atoms with E-state index in [0.717, 1.165) is 42.8 Å². The molecule has 1 heterocycles. The lowest BCUT2D eigenvalue weighted by molar-refractivity contribution is 0.0277. The number of methoxy groups -OCH3 is 1. The van der Waals surface area contributed by atoms with E-state index in [1.54, 1.807) is 7.11 Å². The maximum atomic E-state index is 5.55. The third kappa shape index (κ3) is 3.46. The molecule has 1 aromatic carbocycles. The van der Waals surface area contributed by atoms with Crippen LogP contribution in [0.2, 0.25) is 0 Å². The minimum absolute atomic E-state index is 0.0841. The summed E-state index contributed by atoms with van der Waals surface area (Å²) < 4.78 is 11.9. The van der Waals surface area contributed by atoms with Crippen LogP contribution in [0.3, 0.4) is 0 Å². The minimum Gasteiger partial charge on any atom is -0.497 e. The van der Waals surface area contributed by atoms with E-state index in [-0.39, 0.29) is 5.54 Å². The molecule has 0 bridgehead atoms. The van der Waals surface area contributed by atoms with Crippen molar-refractivity contribution in [1.29, 1.82) is 0 Å². The molecule has 18 heavy (non-hydrogen) atoms. The van der Waals surface area contributed by atoms with Gasteiger partial charge in [-0.15, -0.1) is 0 Å². The molecule has 0 saturated carbocycles. The van der Waals surface area contributed by atoms with E-state index in [4.69, 9.17) is 9.47 Å². The van der Waals surface area contributed by atoms with Crippen molar-refractivity contribution in [3.63, 3.8) is 0 Å². The number of hydrogen-bond acceptors (Lipinski definition) is 3. The molecule has 1 N–H and O–H groups in total. The summed E-state index contributed by atoms with van der Waals surface area (Å²) in [6, 6.07) is 6.04. The standard InChI is InChI=1S/C14H20BrNO2/c1-14(6-3-7-18-10-14)16-9-11-8-12(17-2)4-5-13(11)15/h4-5,8,16H,3,6-7,9-10H2,1-2H3. The Bertz CT molecular complexity index is 403. The van der Waals surface area contributed by atoms with E-state index in [0.29, 0.717) is 0 Å². The van der Waals surface area contributed by atoms with Crippen LogP contribution in [-0.2, 0) is 11.3 Å². The van der Waals surface area contributed by atoms with Crippen molar-refractivity contribution in [3.8, 4) is 5.75 Å².